The molecule has 2 atom stereocenters. The van der Waals surface area contributed by atoms with E-state index in [9.17, 15) is 41.1 Å². The van der Waals surface area contributed by atoms with Crippen LogP contribution in [0.25, 0.3) is 0 Å². The van der Waals surface area contributed by atoms with E-state index in [1.807, 2.05) is 20.8 Å². The molecule has 0 radical (unpaired) electrons. The van der Waals surface area contributed by atoms with E-state index in [1.54, 1.807) is 14.0 Å². The van der Waals surface area contributed by atoms with Crippen LogP contribution in [0.4, 0.5) is 26.7 Å². The minimum atomic E-state index is -2.39. The van der Waals surface area contributed by atoms with Crippen LogP contribution in [0, 0.1) is 39.9 Å². The molecule has 0 heterocycles. The van der Waals surface area contributed by atoms with Gasteiger partial charge in [0.15, 0.2) is 0 Å². The number of hydrogen-bond acceptors (Lipinski definition) is 11. The summed E-state index contributed by atoms with van der Waals surface area (Å²) in [6.07, 6.45) is -1.39. The van der Waals surface area contributed by atoms with E-state index in [0.29, 0.717) is 13.0 Å². The number of ether oxygens (including phenoxy) is 7. The largest absolute Gasteiger partial charge is 0.514 e. The van der Waals surface area contributed by atoms with Crippen molar-refractivity contribution in [2.45, 2.75) is 54.9 Å². The van der Waals surface area contributed by atoms with Gasteiger partial charge < -0.3 is 33.2 Å². The highest BCUT2D eigenvalue weighted by Crippen LogP contribution is 2.29. The van der Waals surface area contributed by atoms with E-state index in [2.05, 4.69) is 9.47 Å². The summed E-state index contributed by atoms with van der Waals surface area (Å²) in [4.78, 5) is 44.2. The van der Waals surface area contributed by atoms with Crippen LogP contribution in [0.15, 0.2) is 0 Å². The number of hydrogen-bond donors (Lipinski definition) is 0. The second-order valence-corrected chi connectivity index (χ2v) is 9.60. The van der Waals surface area contributed by atoms with Crippen molar-refractivity contribution < 1.29 is 74.3 Å². The maximum Gasteiger partial charge on any atom is 0.514 e. The van der Waals surface area contributed by atoms with Crippen LogP contribution in [-0.2, 0) is 42.8 Å². The lowest BCUT2D eigenvalue weighted by Crippen LogP contribution is -2.36. The average Bonchev–Trinajstić information content (AvgIpc) is 2.98. The van der Waals surface area contributed by atoms with Gasteiger partial charge in [-0.2, -0.15) is 8.78 Å². The number of esters is 3. The van der Waals surface area contributed by atoms with Gasteiger partial charge in [0.1, 0.15) is 26.4 Å². The van der Waals surface area contributed by atoms with Crippen LogP contribution < -0.4 is 4.74 Å². The number of carbonyl (C=O) groups is 4. The Kier molecular flexibility index (Phi) is 20.5. The van der Waals surface area contributed by atoms with Crippen molar-refractivity contribution in [2.24, 2.45) is 10.8 Å². The molecular formula is C28H41F5O11. The first-order valence-corrected chi connectivity index (χ1v) is 13.2. The van der Waals surface area contributed by atoms with Crippen LogP contribution in [-0.4, -0.2) is 77.9 Å². The van der Waals surface area contributed by atoms with E-state index >= 15 is 0 Å². The fourth-order valence-electron chi connectivity index (χ4n) is 2.88. The highest BCUT2D eigenvalue weighted by Gasteiger charge is 2.32. The number of methoxy groups -OCH3 is 2. The molecular weight excluding hydrogens is 607 g/mol. The molecule has 254 valence electrons. The van der Waals surface area contributed by atoms with Gasteiger partial charge in [-0.1, -0.05) is 34.6 Å². The Morgan fingerprint density at radius 3 is 1.27 bits per heavy atom. The van der Waals surface area contributed by atoms with Crippen LogP contribution in [0.3, 0.4) is 0 Å². The van der Waals surface area contributed by atoms with Crippen LogP contribution in [0.5, 0.6) is 5.75 Å². The van der Waals surface area contributed by atoms with Crippen LogP contribution in [0.2, 0.25) is 0 Å². The predicted molar refractivity (Wildman–Crippen MR) is 144 cm³/mol. The molecule has 44 heavy (non-hydrogen) atoms. The zero-order valence-electron chi connectivity index (χ0n) is 26.3. The Morgan fingerprint density at radius 1 is 0.591 bits per heavy atom. The Labute approximate surface area is 253 Å². The molecule has 0 saturated carbocycles. The molecule has 1 aromatic carbocycles. The monoisotopic (exact) mass is 648 g/mol. The van der Waals surface area contributed by atoms with Crippen molar-refractivity contribution in [2.75, 3.05) is 53.9 Å². The summed E-state index contributed by atoms with van der Waals surface area (Å²) in [5, 5.41) is 0. The van der Waals surface area contributed by atoms with Gasteiger partial charge in [0.05, 0.1) is 24.0 Å². The smallest absolute Gasteiger partial charge is 0.465 e. The molecule has 11 nitrogen and oxygen atoms in total. The number of halogens is 5. The molecule has 16 heteroatoms. The van der Waals surface area contributed by atoms with Crippen LogP contribution in [0.1, 0.15) is 54.9 Å². The summed E-state index contributed by atoms with van der Waals surface area (Å²) >= 11 is 0. The standard InChI is InChI=1S/C15H15F5O6.C11H20O5.C2H6/c1-7(21)24-5-15(2,4-23-3)6-25-14(22)26-13-11(19)9(17)8(16)10(18)12(13)20;1-5-10(13)16-8-11(3,6-14-4)7-15-9(2)12;1-2/h4-6H2,1-3H3;5-8H2,1-4H3;1-2H3. The number of carbonyl (C=O) groups excluding carboxylic acids is 4. The summed E-state index contributed by atoms with van der Waals surface area (Å²) in [5.41, 5.74) is -1.54. The highest BCUT2D eigenvalue weighted by molar-refractivity contribution is 5.69. The molecule has 0 aliphatic carbocycles. The molecule has 2 unspecified atom stereocenters. The molecule has 0 amide bonds. The molecule has 1 rings (SSSR count). The molecule has 1 aromatic rings. The normalized spacial score (nSPS) is 13.0. The molecule has 0 saturated heterocycles. The quantitative estimate of drug-likeness (QED) is 0.0651. The lowest BCUT2D eigenvalue weighted by atomic mass is 9.94. The Morgan fingerprint density at radius 2 is 0.932 bits per heavy atom. The second-order valence-electron chi connectivity index (χ2n) is 9.60. The van der Waals surface area contributed by atoms with Crippen molar-refractivity contribution in [3.8, 4) is 5.75 Å². The molecule has 0 aliphatic rings. The number of rotatable bonds is 14. The Hall–Kier alpha value is -3.53. The van der Waals surface area contributed by atoms with Gasteiger partial charge in [0, 0.05) is 34.5 Å². The minimum Gasteiger partial charge on any atom is -0.465 e. The highest BCUT2D eigenvalue weighted by atomic mass is 19.2. The topological polar surface area (TPSA) is 133 Å². The molecule has 0 aliphatic heterocycles. The van der Waals surface area contributed by atoms with Crippen molar-refractivity contribution in [1.82, 2.24) is 0 Å². The summed E-state index contributed by atoms with van der Waals surface area (Å²) in [5.74, 6) is -14.6. The molecule has 0 bridgehead atoms. The van der Waals surface area contributed by atoms with E-state index < -0.39 is 64.4 Å². The van der Waals surface area contributed by atoms with Gasteiger partial charge in [-0.05, 0) is 0 Å². The first kappa shape index (κ1) is 42.6. The summed E-state index contributed by atoms with van der Waals surface area (Å²) in [6, 6.07) is 0. The van der Waals surface area contributed by atoms with E-state index in [4.69, 9.17) is 23.7 Å². The van der Waals surface area contributed by atoms with Gasteiger partial charge in [0.25, 0.3) is 0 Å². The average molecular weight is 649 g/mol. The fourth-order valence-corrected chi connectivity index (χ4v) is 2.88. The lowest BCUT2D eigenvalue weighted by molar-refractivity contribution is -0.154. The maximum atomic E-state index is 13.4. The third kappa shape index (κ3) is 15.8. The van der Waals surface area contributed by atoms with Gasteiger partial charge in [0.2, 0.25) is 34.8 Å². The Bertz CT molecular complexity index is 1060. The maximum absolute atomic E-state index is 13.4. The molecule has 0 fully saturated rings. The second kappa shape index (κ2) is 21.2. The third-order valence-corrected chi connectivity index (χ3v) is 5.00. The third-order valence-electron chi connectivity index (χ3n) is 5.00. The van der Waals surface area contributed by atoms with Crippen molar-refractivity contribution in [3.63, 3.8) is 0 Å². The summed E-state index contributed by atoms with van der Waals surface area (Å²) in [7, 11) is 2.87. The van der Waals surface area contributed by atoms with Gasteiger partial charge >= 0.3 is 24.1 Å². The SMILES string of the molecule is CC.CCC(=O)OCC(C)(COC)COC(C)=O.COCC(C)(COC(C)=O)COC(=O)Oc1c(F)c(F)c(F)c(F)c1F. The van der Waals surface area contributed by atoms with Crippen molar-refractivity contribution in [1.29, 1.82) is 0 Å². The van der Waals surface area contributed by atoms with Gasteiger partial charge in [-0.15, -0.1) is 0 Å². The van der Waals surface area contributed by atoms with Crippen molar-refractivity contribution in [3.05, 3.63) is 29.1 Å². The van der Waals surface area contributed by atoms with Crippen LogP contribution >= 0.6 is 0 Å². The summed E-state index contributed by atoms with van der Waals surface area (Å²) < 4.78 is 99.2. The molecule has 0 N–H and O–H groups in total. The van der Waals surface area contributed by atoms with E-state index in [0.717, 1.165) is 6.92 Å². The van der Waals surface area contributed by atoms with E-state index in [1.165, 1.54) is 21.0 Å². The predicted octanol–water partition coefficient (Wildman–Crippen LogP) is 5.29. The van der Waals surface area contributed by atoms with E-state index in [-0.39, 0.29) is 38.4 Å². The van der Waals surface area contributed by atoms with Gasteiger partial charge in [-0.25, -0.2) is 18.0 Å². The van der Waals surface area contributed by atoms with Gasteiger partial charge in [-0.3, -0.25) is 14.4 Å². The lowest BCUT2D eigenvalue weighted by Gasteiger charge is -2.27. The molecule has 0 aromatic heterocycles. The van der Waals surface area contributed by atoms with Crippen molar-refractivity contribution >= 4 is 24.1 Å². The minimum absolute atomic E-state index is 0.0455. The first-order chi connectivity index (χ1) is 20.5. The Balaban J connectivity index is 0. The number of benzene rings is 1. The molecule has 0 spiro atoms. The first-order valence-electron chi connectivity index (χ1n) is 13.2. The zero-order chi connectivity index (χ0) is 34.7. The zero-order valence-corrected chi connectivity index (χ0v) is 26.3. The fraction of sp³-hybridized carbons (Fsp3) is 0.643. The summed E-state index contributed by atoms with van der Waals surface area (Å²) in [6.45, 7) is 11.5.